The Bertz CT molecular complexity index is 436. The summed E-state index contributed by atoms with van der Waals surface area (Å²) in [6.45, 7) is 2.85. The number of rotatable bonds is 5. The molecule has 0 spiro atoms. The normalized spacial score (nSPS) is 16.9. The van der Waals surface area contributed by atoms with Crippen molar-refractivity contribution in [2.45, 2.75) is 51.0 Å². The average Bonchev–Trinajstić information content (AvgIpc) is 2.89. The maximum absolute atomic E-state index is 12.1. The van der Waals surface area contributed by atoms with Crippen LogP contribution in [0.4, 0.5) is 10.5 Å². The van der Waals surface area contributed by atoms with Crippen molar-refractivity contribution >= 4 is 11.7 Å². The van der Waals surface area contributed by atoms with Crippen molar-refractivity contribution in [3.05, 3.63) is 29.8 Å². The first-order valence-corrected chi connectivity index (χ1v) is 7.58. The zero-order valence-corrected chi connectivity index (χ0v) is 12.2. The molecular weight excluding hydrogens is 250 g/mol. The molecule has 1 aliphatic carbocycles. The van der Waals surface area contributed by atoms with Gasteiger partial charge in [-0.05, 0) is 37.0 Å². The Hall–Kier alpha value is -1.71. The van der Waals surface area contributed by atoms with Gasteiger partial charge in [-0.15, -0.1) is 0 Å². The number of hydrogen-bond acceptors (Lipinski definition) is 2. The SMILES string of the molecule is CCCCNC(=O)NC1(c2ccc(N)cc2)CCCC1. The van der Waals surface area contributed by atoms with Crippen LogP contribution in [0.2, 0.25) is 0 Å². The van der Waals surface area contributed by atoms with E-state index in [1.807, 2.05) is 24.3 Å². The summed E-state index contributed by atoms with van der Waals surface area (Å²) in [5.41, 5.74) is 7.45. The van der Waals surface area contributed by atoms with Crippen LogP contribution in [0.5, 0.6) is 0 Å². The fraction of sp³-hybridized carbons (Fsp3) is 0.562. The molecule has 0 aromatic heterocycles. The predicted molar refractivity (Wildman–Crippen MR) is 82.4 cm³/mol. The molecule has 4 nitrogen and oxygen atoms in total. The zero-order chi connectivity index (χ0) is 14.4. The summed E-state index contributed by atoms with van der Waals surface area (Å²) in [4.78, 5) is 12.1. The lowest BCUT2D eigenvalue weighted by Crippen LogP contribution is -2.48. The van der Waals surface area contributed by atoms with Crippen molar-refractivity contribution in [2.24, 2.45) is 0 Å². The van der Waals surface area contributed by atoms with Crippen LogP contribution in [-0.2, 0) is 5.54 Å². The highest BCUT2D eigenvalue weighted by atomic mass is 16.2. The molecule has 4 N–H and O–H groups in total. The van der Waals surface area contributed by atoms with Crippen molar-refractivity contribution < 1.29 is 4.79 Å². The fourth-order valence-electron chi connectivity index (χ4n) is 2.91. The molecule has 1 aliphatic rings. The monoisotopic (exact) mass is 275 g/mol. The summed E-state index contributed by atoms with van der Waals surface area (Å²) < 4.78 is 0. The fourth-order valence-corrected chi connectivity index (χ4v) is 2.91. The van der Waals surface area contributed by atoms with Crippen LogP contribution in [0.1, 0.15) is 51.0 Å². The smallest absolute Gasteiger partial charge is 0.315 e. The molecule has 1 saturated carbocycles. The van der Waals surface area contributed by atoms with Gasteiger partial charge >= 0.3 is 6.03 Å². The minimum absolute atomic E-state index is 0.0582. The van der Waals surface area contributed by atoms with Crippen LogP contribution in [-0.4, -0.2) is 12.6 Å². The highest BCUT2D eigenvalue weighted by Gasteiger charge is 2.36. The first-order valence-electron chi connectivity index (χ1n) is 7.58. The predicted octanol–water partition coefficient (Wildman–Crippen LogP) is 3.14. The summed E-state index contributed by atoms with van der Waals surface area (Å²) in [6.07, 6.45) is 6.40. The lowest BCUT2D eigenvalue weighted by Gasteiger charge is -2.31. The largest absolute Gasteiger partial charge is 0.399 e. The quantitative estimate of drug-likeness (QED) is 0.571. The summed E-state index contributed by atoms with van der Waals surface area (Å²) in [7, 11) is 0. The minimum atomic E-state index is -0.218. The van der Waals surface area contributed by atoms with Crippen LogP contribution in [0.3, 0.4) is 0 Å². The number of carbonyl (C=O) groups is 1. The summed E-state index contributed by atoms with van der Waals surface area (Å²) in [6, 6.07) is 7.83. The molecule has 0 heterocycles. The van der Waals surface area contributed by atoms with Crippen molar-refractivity contribution in [2.75, 3.05) is 12.3 Å². The first kappa shape index (κ1) is 14.7. The third kappa shape index (κ3) is 3.44. The summed E-state index contributed by atoms with van der Waals surface area (Å²) in [5.74, 6) is 0. The number of nitrogens with one attached hydrogen (secondary N) is 2. The van der Waals surface area contributed by atoms with E-state index < -0.39 is 0 Å². The standard InChI is InChI=1S/C16H25N3O/c1-2-3-12-18-15(20)19-16(10-4-5-11-16)13-6-8-14(17)9-7-13/h6-9H,2-5,10-12,17H2,1H3,(H2,18,19,20). The first-order chi connectivity index (χ1) is 9.66. The van der Waals surface area contributed by atoms with Gasteiger partial charge in [-0.3, -0.25) is 0 Å². The molecule has 0 saturated heterocycles. The van der Waals surface area contributed by atoms with E-state index in [0.29, 0.717) is 0 Å². The summed E-state index contributed by atoms with van der Waals surface area (Å²) >= 11 is 0. The second-order valence-electron chi connectivity index (χ2n) is 5.65. The number of hydrogen-bond donors (Lipinski definition) is 3. The lowest BCUT2D eigenvalue weighted by atomic mass is 9.88. The Labute approximate surface area is 121 Å². The van der Waals surface area contributed by atoms with Gasteiger partial charge in [0.25, 0.3) is 0 Å². The van der Waals surface area contributed by atoms with Crippen LogP contribution in [0, 0.1) is 0 Å². The third-order valence-electron chi connectivity index (χ3n) is 4.09. The van der Waals surface area contributed by atoms with Gasteiger partial charge in [0.15, 0.2) is 0 Å². The number of nitrogens with two attached hydrogens (primary N) is 1. The molecule has 2 amide bonds. The van der Waals surface area contributed by atoms with Gasteiger partial charge in [0.05, 0.1) is 5.54 Å². The minimum Gasteiger partial charge on any atom is -0.399 e. The molecule has 1 aromatic rings. The maximum atomic E-state index is 12.1. The Morgan fingerprint density at radius 3 is 2.50 bits per heavy atom. The van der Waals surface area contributed by atoms with E-state index in [1.54, 1.807) is 0 Å². The van der Waals surface area contributed by atoms with Crippen LogP contribution < -0.4 is 16.4 Å². The van der Waals surface area contributed by atoms with Crippen molar-refractivity contribution in [1.29, 1.82) is 0 Å². The molecule has 0 aliphatic heterocycles. The van der Waals surface area contributed by atoms with Gasteiger partial charge in [-0.1, -0.05) is 38.3 Å². The Morgan fingerprint density at radius 1 is 1.25 bits per heavy atom. The van der Waals surface area contributed by atoms with E-state index >= 15 is 0 Å². The van der Waals surface area contributed by atoms with Crippen LogP contribution in [0.15, 0.2) is 24.3 Å². The molecule has 0 bridgehead atoms. The van der Waals surface area contributed by atoms with E-state index in [0.717, 1.165) is 56.3 Å². The molecule has 110 valence electrons. The summed E-state index contributed by atoms with van der Waals surface area (Å²) in [5, 5.41) is 6.14. The number of carbonyl (C=O) groups excluding carboxylic acids is 1. The maximum Gasteiger partial charge on any atom is 0.315 e. The number of nitrogen functional groups attached to an aromatic ring is 1. The second-order valence-corrected chi connectivity index (χ2v) is 5.65. The van der Waals surface area contributed by atoms with Gasteiger partial charge in [-0.25, -0.2) is 4.79 Å². The molecule has 0 unspecified atom stereocenters. The van der Waals surface area contributed by atoms with E-state index in [-0.39, 0.29) is 11.6 Å². The lowest BCUT2D eigenvalue weighted by molar-refractivity contribution is 0.224. The average molecular weight is 275 g/mol. The van der Waals surface area contributed by atoms with Crippen molar-refractivity contribution in [3.8, 4) is 0 Å². The van der Waals surface area contributed by atoms with Gasteiger partial charge in [0, 0.05) is 12.2 Å². The van der Waals surface area contributed by atoms with E-state index in [4.69, 9.17) is 5.73 Å². The number of anilines is 1. The molecule has 0 atom stereocenters. The molecular formula is C16H25N3O. The van der Waals surface area contributed by atoms with Crippen molar-refractivity contribution in [3.63, 3.8) is 0 Å². The van der Waals surface area contributed by atoms with Crippen molar-refractivity contribution in [1.82, 2.24) is 10.6 Å². The number of benzene rings is 1. The number of urea groups is 1. The molecule has 2 rings (SSSR count). The Kier molecular flexibility index (Phi) is 4.88. The van der Waals surface area contributed by atoms with E-state index in [1.165, 1.54) is 0 Å². The van der Waals surface area contributed by atoms with E-state index in [2.05, 4.69) is 17.6 Å². The van der Waals surface area contributed by atoms with Gasteiger partial charge < -0.3 is 16.4 Å². The van der Waals surface area contributed by atoms with E-state index in [9.17, 15) is 4.79 Å². The van der Waals surface area contributed by atoms with Gasteiger partial charge in [0.1, 0.15) is 0 Å². The van der Waals surface area contributed by atoms with Crippen LogP contribution >= 0.6 is 0 Å². The molecule has 20 heavy (non-hydrogen) atoms. The molecule has 4 heteroatoms. The topological polar surface area (TPSA) is 67.2 Å². The highest BCUT2D eigenvalue weighted by Crippen LogP contribution is 2.38. The Morgan fingerprint density at radius 2 is 1.90 bits per heavy atom. The molecule has 0 radical (unpaired) electrons. The second kappa shape index (κ2) is 6.64. The molecule has 1 fully saturated rings. The highest BCUT2D eigenvalue weighted by molar-refractivity contribution is 5.75. The Balaban J connectivity index is 2.06. The van der Waals surface area contributed by atoms with Crippen LogP contribution in [0.25, 0.3) is 0 Å². The third-order valence-corrected chi connectivity index (χ3v) is 4.09. The number of amides is 2. The van der Waals surface area contributed by atoms with Gasteiger partial charge in [0.2, 0.25) is 0 Å². The number of unbranched alkanes of at least 4 members (excludes halogenated alkanes) is 1. The molecule has 1 aromatic carbocycles. The van der Waals surface area contributed by atoms with Gasteiger partial charge in [-0.2, -0.15) is 0 Å². The zero-order valence-electron chi connectivity index (χ0n) is 12.2.